The first-order valence-corrected chi connectivity index (χ1v) is 20.3. The zero-order valence-corrected chi connectivity index (χ0v) is 34.5. The van der Waals surface area contributed by atoms with Crippen LogP contribution < -0.4 is 4.52 Å². The Morgan fingerprint density at radius 1 is 0.797 bits per heavy atom. The topological polar surface area (TPSA) is 181 Å². The van der Waals surface area contributed by atoms with Crippen molar-refractivity contribution in [2.24, 2.45) is 0 Å². The SMILES string of the molecule is Cc1cc(C)c(-c2cc(C)c(OP(=O)(O)OCCC[C@H](C(=O)O)N3CCN(CC=O)CCN(CC(O)(C(F)(F)F)C(F)(F)F)CCN(CC(=O)O)CC3)cc2C)c(C)c1. The zero-order chi connectivity index (χ0) is 44.5. The summed E-state index contributed by atoms with van der Waals surface area (Å²) in [7, 11) is -4.70. The molecular formula is C38H53F6N4O10P. The molecule has 0 bridgehead atoms. The van der Waals surface area contributed by atoms with Crippen molar-refractivity contribution in [3.63, 3.8) is 0 Å². The van der Waals surface area contributed by atoms with E-state index in [1.165, 1.54) is 14.7 Å². The van der Waals surface area contributed by atoms with Gasteiger partial charge in [-0.2, -0.15) is 26.3 Å². The third-order valence-electron chi connectivity index (χ3n) is 10.2. The van der Waals surface area contributed by atoms with Gasteiger partial charge < -0.3 is 24.6 Å². The van der Waals surface area contributed by atoms with Gasteiger partial charge in [-0.1, -0.05) is 17.7 Å². The summed E-state index contributed by atoms with van der Waals surface area (Å²) in [5.41, 5.74) is 1.49. The van der Waals surface area contributed by atoms with Crippen molar-refractivity contribution >= 4 is 26.0 Å². The van der Waals surface area contributed by atoms with Crippen LogP contribution in [0.2, 0.25) is 0 Å². The lowest BCUT2D eigenvalue weighted by atomic mass is 9.90. The molecule has 2 aromatic rings. The highest BCUT2D eigenvalue weighted by molar-refractivity contribution is 7.47. The Hall–Kier alpha value is -3.62. The van der Waals surface area contributed by atoms with Gasteiger partial charge in [0.25, 0.3) is 5.60 Å². The minimum absolute atomic E-state index is 0.0581. The standard InChI is InChI=1S/C38H53F6N4O10P/c1-25-19-28(4)34(29(5)20-25)30-21-27(3)32(22-26(30)2)58-59(55,56)57-18-6-7-31(35(52)53)48-14-12-45(16-17-49)8-10-47(11-9-46(13-15-48)23-33(50)51)24-36(54,37(39,40)41)38(42,43)44/h17,19-22,31,54H,6-16,18,23-24H2,1-5H3,(H,50,51)(H,52,53)(H,55,56)/t31-/m1/s1. The van der Waals surface area contributed by atoms with Crippen LogP contribution in [0.25, 0.3) is 11.1 Å². The lowest BCUT2D eigenvalue weighted by molar-refractivity contribution is -0.370. The van der Waals surface area contributed by atoms with E-state index >= 15 is 0 Å². The van der Waals surface area contributed by atoms with Gasteiger partial charge in [0, 0.05) is 58.9 Å². The minimum Gasteiger partial charge on any atom is -0.480 e. The van der Waals surface area contributed by atoms with Crippen LogP contribution in [-0.4, -0.2) is 161 Å². The zero-order valence-electron chi connectivity index (χ0n) is 33.6. The van der Waals surface area contributed by atoms with Crippen molar-refractivity contribution in [1.82, 2.24) is 19.6 Å². The summed E-state index contributed by atoms with van der Waals surface area (Å²) >= 11 is 0. The number of aryl methyl sites for hydroxylation is 5. The van der Waals surface area contributed by atoms with Gasteiger partial charge in [-0.15, -0.1) is 0 Å². The van der Waals surface area contributed by atoms with E-state index in [1.54, 1.807) is 13.0 Å². The summed E-state index contributed by atoms with van der Waals surface area (Å²) in [6.45, 7) is 4.12. The quantitative estimate of drug-likeness (QED) is 0.0768. The van der Waals surface area contributed by atoms with E-state index in [-0.39, 0.29) is 64.4 Å². The lowest BCUT2D eigenvalue weighted by Crippen LogP contribution is -2.63. The average Bonchev–Trinajstić information content (AvgIpc) is 3.08. The monoisotopic (exact) mass is 870 g/mol. The van der Waals surface area contributed by atoms with Crippen molar-refractivity contribution in [3.05, 3.63) is 52.1 Å². The van der Waals surface area contributed by atoms with E-state index in [9.17, 15) is 65.5 Å². The van der Waals surface area contributed by atoms with Crippen molar-refractivity contribution in [1.29, 1.82) is 0 Å². The fraction of sp³-hybridized carbons (Fsp3) is 0.605. The highest BCUT2D eigenvalue weighted by atomic mass is 31.2. The second-order valence-electron chi connectivity index (χ2n) is 14.9. The number of phosphoric acid groups is 1. The number of aliphatic carboxylic acids is 2. The number of nitrogens with zero attached hydrogens (tertiary/aromatic N) is 4. The number of halogens is 6. The number of carbonyl (C=O) groups is 3. The average molecular weight is 871 g/mol. The summed E-state index contributed by atoms with van der Waals surface area (Å²) in [6, 6.07) is 6.36. The summed E-state index contributed by atoms with van der Waals surface area (Å²) in [5, 5.41) is 29.6. The van der Waals surface area contributed by atoms with Crippen LogP contribution in [0.3, 0.4) is 0 Å². The summed E-state index contributed by atoms with van der Waals surface area (Å²) in [4.78, 5) is 51.1. The van der Waals surface area contributed by atoms with Crippen LogP contribution in [0.5, 0.6) is 5.75 Å². The Bertz CT molecular complexity index is 1790. The molecule has 2 aromatic carbocycles. The normalized spacial score (nSPS) is 18.1. The number of benzene rings is 2. The van der Waals surface area contributed by atoms with Crippen molar-refractivity contribution in [2.45, 2.75) is 71.5 Å². The van der Waals surface area contributed by atoms with Crippen LogP contribution in [0.15, 0.2) is 24.3 Å². The van der Waals surface area contributed by atoms with Gasteiger partial charge in [0.2, 0.25) is 0 Å². The maximum Gasteiger partial charge on any atom is 0.527 e. The minimum atomic E-state index is -6.10. The molecule has 1 aliphatic heterocycles. The maximum atomic E-state index is 13.6. The molecule has 0 radical (unpaired) electrons. The van der Waals surface area contributed by atoms with E-state index in [2.05, 4.69) is 12.1 Å². The summed E-state index contributed by atoms with van der Waals surface area (Å²) in [5.74, 6) is -2.55. The molecule has 1 heterocycles. The lowest BCUT2D eigenvalue weighted by Gasteiger charge is -2.39. The predicted molar refractivity (Wildman–Crippen MR) is 204 cm³/mol. The number of alkyl halides is 6. The van der Waals surface area contributed by atoms with E-state index in [1.807, 2.05) is 33.8 Å². The number of phosphoric ester groups is 1. The molecule has 1 saturated heterocycles. The second kappa shape index (κ2) is 20.8. The van der Waals surface area contributed by atoms with Gasteiger partial charge in [-0.25, -0.2) is 4.57 Å². The van der Waals surface area contributed by atoms with Gasteiger partial charge >= 0.3 is 32.1 Å². The van der Waals surface area contributed by atoms with E-state index in [0.717, 1.165) is 33.4 Å². The number of carboxylic acids is 2. The Morgan fingerprint density at radius 3 is 1.85 bits per heavy atom. The number of aliphatic hydroxyl groups is 1. The number of hydrogen-bond donors (Lipinski definition) is 4. The van der Waals surface area contributed by atoms with Crippen LogP contribution in [0, 0.1) is 34.6 Å². The van der Waals surface area contributed by atoms with Gasteiger partial charge in [0.05, 0.1) is 19.7 Å². The number of carboxylic acid groups (broad SMARTS) is 2. The Labute approximate surface area is 338 Å². The number of hydrogen-bond acceptors (Lipinski definition) is 11. The molecule has 0 spiro atoms. The Balaban J connectivity index is 1.74. The molecular weight excluding hydrogens is 817 g/mol. The molecule has 14 nitrogen and oxygen atoms in total. The van der Waals surface area contributed by atoms with Gasteiger partial charge in [-0.05, 0) is 93.0 Å². The molecule has 59 heavy (non-hydrogen) atoms. The number of aldehydes is 1. The van der Waals surface area contributed by atoms with Gasteiger partial charge in [-0.3, -0.25) is 38.6 Å². The molecule has 0 amide bonds. The third-order valence-corrected chi connectivity index (χ3v) is 11.2. The molecule has 3 rings (SSSR count). The first kappa shape index (κ1) is 49.7. The maximum absolute atomic E-state index is 13.6. The first-order chi connectivity index (χ1) is 27.3. The number of β-amino-alcohol motifs (C(OH)–C–C–N with tert-alkyl or cyclic N) is 1. The predicted octanol–water partition coefficient (Wildman–Crippen LogP) is 4.99. The second-order valence-corrected chi connectivity index (χ2v) is 16.3. The molecule has 2 atom stereocenters. The smallest absolute Gasteiger partial charge is 0.480 e. The van der Waals surface area contributed by atoms with Crippen LogP contribution in [-0.2, 0) is 23.5 Å². The number of rotatable bonds is 16. The fourth-order valence-electron chi connectivity index (χ4n) is 7.16. The molecule has 0 aromatic heterocycles. The molecule has 4 N–H and O–H groups in total. The molecule has 0 saturated carbocycles. The van der Waals surface area contributed by atoms with Crippen molar-refractivity contribution in [3.8, 4) is 16.9 Å². The largest absolute Gasteiger partial charge is 0.527 e. The highest BCUT2D eigenvalue weighted by Crippen LogP contribution is 2.47. The highest BCUT2D eigenvalue weighted by Gasteiger charge is 2.70. The van der Waals surface area contributed by atoms with Crippen LogP contribution >= 0.6 is 7.82 Å². The fourth-order valence-corrected chi connectivity index (χ4v) is 8.01. The molecule has 1 aliphatic rings. The van der Waals surface area contributed by atoms with Gasteiger partial charge in [0.15, 0.2) is 0 Å². The van der Waals surface area contributed by atoms with Crippen LogP contribution in [0.1, 0.15) is 40.7 Å². The third kappa shape index (κ3) is 14.0. The van der Waals surface area contributed by atoms with Crippen molar-refractivity contribution < 1.29 is 74.6 Å². The number of carbonyl (C=O) groups excluding carboxylic acids is 1. The summed E-state index contributed by atoms with van der Waals surface area (Å²) < 4.78 is 105. The van der Waals surface area contributed by atoms with Gasteiger partial charge in [0.1, 0.15) is 18.1 Å². The van der Waals surface area contributed by atoms with E-state index in [4.69, 9.17) is 9.05 Å². The molecule has 0 aliphatic carbocycles. The molecule has 21 heteroatoms. The molecule has 1 unspecified atom stereocenters. The Kier molecular flexibility index (Phi) is 17.5. The van der Waals surface area contributed by atoms with E-state index < -0.39 is 76.5 Å². The van der Waals surface area contributed by atoms with Crippen molar-refractivity contribution in [2.75, 3.05) is 78.6 Å². The molecule has 332 valence electrons. The first-order valence-electron chi connectivity index (χ1n) is 18.8. The Morgan fingerprint density at radius 2 is 1.32 bits per heavy atom. The van der Waals surface area contributed by atoms with Crippen LogP contribution in [0.4, 0.5) is 26.3 Å². The molecule has 1 fully saturated rings. The van der Waals surface area contributed by atoms with E-state index in [0.29, 0.717) is 16.7 Å². The summed E-state index contributed by atoms with van der Waals surface area (Å²) in [6.07, 6.45) is -11.9.